The summed E-state index contributed by atoms with van der Waals surface area (Å²) >= 11 is 12.6. The summed E-state index contributed by atoms with van der Waals surface area (Å²) < 4.78 is 1.78. The fourth-order valence-corrected chi connectivity index (χ4v) is 2.67. The zero-order chi connectivity index (χ0) is 13.8. The van der Waals surface area contributed by atoms with Gasteiger partial charge in [0.15, 0.2) is 0 Å². The van der Waals surface area contributed by atoms with Gasteiger partial charge in [-0.05, 0) is 25.1 Å². The number of halogens is 2. The summed E-state index contributed by atoms with van der Waals surface area (Å²) in [6.07, 6.45) is 4.86. The monoisotopic (exact) mass is 297 g/mol. The Labute approximate surface area is 123 Å². The second kappa shape index (κ2) is 6.42. The molecular weight excluding hydrogens is 281 g/mol. The molecule has 0 aliphatic carbocycles. The third kappa shape index (κ3) is 3.30. The molecule has 2 rings (SSSR count). The summed E-state index contributed by atoms with van der Waals surface area (Å²) in [5, 5.41) is 9.04. The zero-order valence-electron chi connectivity index (χ0n) is 11.0. The minimum Gasteiger partial charge on any atom is -0.306 e. The second-order valence-electron chi connectivity index (χ2n) is 4.47. The van der Waals surface area contributed by atoms with Crippen molar-refractivity contribution in [2.24, 2.45) is 7.05 Å². The Morgan fingerprint density at radius 1 is 1.32 bits per heavy atom. The summed E-state index contributed by atoms with van der Waals surface area (Å²) in [6.45, 7) is 3.02. The summed E-state index contributed by atoms with van der Waals surface area (Å²) in [6, 6.07) is 5.54. The third-order valence-electron chi connectivity index (χ3n) is 2.95. The molecule has 1 aromatic heterocycles. The lowest BCUT2D eigenvalue weighted by Gasteiger charge is -2.20. The van der Waals surface area contributed by atoms with E-state index in [0.29, 0.717) is 10.0 Å². The molecule has 0 aliphatic heterocycles. The average molecular weight is 298 g/mol. The Hall–Kier alpha value is -1.03. The van der Waals surface area contributed by atoms with Gasteiger partial charge in [0.05, 0.1) is 12.2 Å². The lowest BCUT2D eigenvalue weighted by Crippen LogP contribution is -2.23. The minimum atomic E-state index is -0.0325. The van der Waals surface area contributed by atoms with Crippen LogP contribution in [0.4, 0.5) is 0 Å². The molecule has 102 valence electrons. The first kappa shape index (κ1) is 14.4. The number of aromatic nitrogens is 2. The molecule has 0 aliphatic rings. The molecule has 0 spiro atoms. The van der Waals surface area contributed by atoms with Crippen molar-refractivity contribution in [3.8, 4) is 0 Å². The van der Waals surface area contributed by atoms with Gasteiger partial charge in [-0.15, -0.1) is 0 Å². The number of benzene rings is 1. The summed E-state index contributed by atoms with van der Waals surface area (Å²) in [5.74, 6) is 0. The number of hydrogen-bond acceptors (Lipinski definition) is 2. The van der Waals surface area contributed by atoms with E-state index in [4.69, 9.17) is 23.2 Å². The van der Waals surface area contributed by atoms with E-state index in [-0.39, 0.29) is 6.04 Å². The van der Waals surface area contributed by atoms with Crippen LogP contribution in [0.2, 0.25) is 10.0 Å². The van der Waals surface area contributed by atoms with Gasteiger partial charge in [0.25, 0.3) is 0 Å². The molecule has 1 heterocycles. The van der Waals surface area contributed by atoms with Gasteiger partial charge in [-0.2, -0.15) is 5.10 Å². The van der Waals surface area contributed by atoms with Crippen molar-refractivity contribution in [1.29, 1.82) is 0 Å². The van der Waals surface area contributed by atoms with Crippen molar-refractivity contribution < 1.29 is 0 Å². The Morgan fingerprint density at radius 2 is 2.00 bits per heavy atom. The quantitative estimate of drug-likeness (QED) is 0.909. The van der Waals surface area contributed by atoms with Crippen LogP contribution in [0.5, 0.6) is 0 Å². The molecule has 0 radical (unpaired) electrons. The summed E-state index contributed by atoms with van der Waals surface area (Å²) in [7, 11) is 1.90. The first-order valence-corrected chi connectivity index (χ1v) is 7.05. The molecule has 5 heteroatoms. The molecule has 2 aromatic rings. The normalized spacial score (nSPS) is 12.6. The van der Waals surface area contributed by atoms with E-state index < -0.39 is 0 Å². The topological polar surface area (TPSA) is 29.9 Å². The third-order valence-corrected chi connectivity index (χ3v) is 3.60. The van der Waals surface area contributed by atoms with Gasteiger partial charge >= 0.3 is 0 Å². The smallest absolute Gasteiger partial charge is 0.0637 e. The molecule has 0 fully saturated rings. The second-order valence-corrected chi connectivity index (χ2v) is 5.28. The molecule has 0 bridgehead atoms. The molecule has 1 N–H and O–H groups in total. The van der Waals surface area contributed by atoms with Gasteiger partial charge in [-0.1, -0.05) is 36.2 Å². The number of nitrogens with zero attached hydrogens (tertiary/aromatic N) is 2. The Kier molecular flexibility index (Phi) is 4.86. The van der Waals surface area contributed by atoms with Gasteiger partial charge in [-0.25, -0.2) is 0 Å². The first-order chi connectivity index (χ1) is 9.13. The lowest BCUT2D eigenvalue weighted by atomic mass is 10.0. The Bertz CT molecular complexity index is 531. The van der Waals surface area contributed by atoms with Crippen molar-refractivity contribution in [1.82, 2.24) is 15.1 Å². The van der Waals surface area contributed by atoms with Gasteiger partial charge in [0, 0.05) is 34.4 Å². The van der Waals surface area contributed by atoms with Crippen LogP contribution in [-0.4, -0.2) is 16.3 Å². The van der Waals surface area contributed by atoms with Gasteiger partial charge < -0.3 is 5.32 Å². The number of hydrogen-bond donors (Lipinski definition) is 1. The largest absolute Gasteiger partial charge is 0.306 e. The molecule has 1 aromatic carbocycles. The number of rotatable bonds is 5. The fraction of sp³-hybridized carbons (Fsp3) is 0.357. The van der Waals surface area contributed by atoms with Crippen LogP contribution in [0.1, 0.15) is 30.5 Å². The van der Waals surface area contributed by atoms with Gasteiger partial charge in [0.2, 0.25) is 0 Å². The molecule has 3 nitrogen and oxygen atoms in total. The highest BCUT2D eigenvalue weighted by atomic mass is 35.5. The molecule has 1 atom stereocenters. The number of nitrogens with one attached hydrogen (secondary N) is 1. The standard InChI is InChI=1S/C14H17Cl2N3/c1-3-7-17-14(10-8-18-19(2)9-10)13-11(15)5-4-6-12(13)16/h4-6,8-9,14,17H,3,7H2,1-2H3. The SMILES string of the molecule is CCCNC(c1cnn(C)c1)c1c(Cl)cccc1Cl. The minimum absolute atomic E-state index is 0.0325. The molecular formula is C14H17Cl2N3. The highest BCUT2D eigenvalue weighted by Crippen LogP contribution is 2.33. The Morgan fingerprint density at radius 3 is 2.53 bits per heavy atom. The maximum absolute atomic E-state index is 6.31. The maximum atomic E-state index is 6.31. The van der Waals surface area contributed by atoms with Crippen molar-refractivity contribution >= 4 is 23.2 Å². The molecule has 19 heavy (non-hydrogen) atoms. The predicted molar refractivity (Wildman–Crippen MR) is 79.8 cm³/mol. The van der Waals surface area contributed by atoms with Crippen molar-refractivity contribution in [2.75, 3.05) is 6.54 Å². The predicted octanol–water partition coefficient (Wildman–Crippen LogP) is 3.82. The van der Waals surface area contributed by atoms with E-state index >= 15 is 0 Å². The van der Waals surface area contributed by atoms with E-state index in [2.05, 4.69) is 17.3 Å². The highest BCUT2D eigenvalue weighted by molar-refractivity contribution is 6.36. The van der Waals surface area contributed by atoms with E-state index in [1.54, 1.807) is 4.68 Å². The first-order valence-electron chi connectivity index (χ1n) is 6.29. The average Bonchev–Trinajstić information content (AvgIpc) is 2.79. The van der Waals surface area contributed by atoms with Crippen molar-refractivity contribution in [2.45, 2.75) is 19.4 Å². The summed E-state index contributed by atoms with van der Waals surface area (Å²) in [5.41, 5.74) is 1.97. The van der Waals surface area contributed by atoms with Crippen LogP contribution in [0.3, 0.4) is 0 Å². The van der Waals surface area contributed by atoms with Crippen molar-refractivity contribution in [3.05, 3.63) is 51.8 Å². The van der Waals surface area contributed by atoms with Gasteiger partial charge in [0.1, 0.15) is 0 Å². The number of aryl methyl sites for hydroxylation is 1. The fourth-order valence-electron chi connectivity index (χ4n) is 2.05. The van der Waals surface area contributed by atoms with Crippen LogP contribution in [-0.2, 0) is 7.05 Å². The molecule has 1 unspecified atom stereocenters. The van der Waals surface area contributed by atoms with Crippen LogP contribution in [0.15, 0.2) is 30.6 Å². The van der Waals surface area contributed by atoms with E-state index in [9.17, 15) is 0 Å². The zero-order valence-corrected chi connectivity index (χ0v) is 12.5. The lowest BCUT2D eigenvalue weighted by molar-refractivity contribution is 0.598. The van der Waals surface area contributed by atoms with E-state index in [0.717, 1.165) is 24.1 Å². The molecule has 0 amide bonds. The van der Waals surface area contributed by atoms with E-state index in [1.807, 2.05) is 37.6 Å². The molecule has 0 saturated carbocycles. The van der Waals surface area contributed by atoms with Gasteiger partial charge in [-0.3, -0.25) is 4.68 Å². The van der Waals surface area contributed by atoms with Crippen LogP contribution < -0.4 is 5.32 Å². The van der Waals surface area contributed by atoms with Crippen molar-refractivity contribution in [3.63, 3.8) is 0 Å². The van der Waals surface area contributed by atoms with Crippen LogP contribution in [0, 0.1) is 0 Å². The summed E-state index contributed by atoms with van der Waals surface area (Å²) in [4.78, 5) is 0. The highest BCUT2D eigenvalue weighted by Gasteiger charge is 2.20. The Balaban J connectivity index is 2.42. The van der Waals surface area contributed by atoms with Crippen LogP contribution >= 0.6 is 23.2 Å². The maximum Gasteiger partial charge on any atom is 0.0637 e. The van der Waals surface area contributed by atoms with Crippen LogP contribution in [0.25, 0.3) is 0 Å². The van der Waals surface area contributed by atoms with E-state index in [1.165, 1.54) is 0 Å². The molecule has 0 saturated heterocycles.